The molecule has 1 heterocycles. The van der Waals surface area contributed by atoms with Crippen molar-refractivity contribution < 1.29 is 9.31 Å². The predicted octanol–water partition coefficient (Wildman–Crippen LogP) is 5.74. The van der Waals surface area contributed by atoms with E-state index < -0.39 is 4.92 Å². The van der Waals surface area contributed by atoms with E-state index in [1.165, 1.54) is 18.2 Å². The Morgan fingerprint density at radius 1 is 1.04 bits per heavy atom. The highest BCUT2D eigenvalue weighted by atomic mass is 32.2. The van der Waals surface area contributed by atoms with E-state index in [0.29, 0.717) is 22.4 Å². The van der Waals surface area contributed by atoms with Crippen molar-refractivity contribution >= 4 is 28.5 Å². The first-order valence-corrected chi connectivity index (χ1v) is 9.00. The maximum absolute atomic E-state index is 13.4. The van der Waals surface area contributed by atoms with Crippen molar-refractivity contribution in [2.45, 2.75) is 16.7 Å². The van der Waals surface area contributed by atoms with Gasteiger partial charge in [0.15, 0.2) is 0 Å². The third-order valence-corrected chi connectivity index (χ3v) is 5.17. The molecule has 134 valence electrons. The number of aromatic amines is 1. The van der Waals surface area contributed by atoms with Crippen LogP contribution in [-0.4, -0.2) is 14.9 Å². The Morgan fingerprint density at radius 2 is 1.78 bits per heavy atom. The number of rotatable bonds is 4. The molecule has 0 unspecified atom stereocenters. The monoisotopic (exact) mass is 379 g/mol. The Balaban J connectivity index is 1.59. The molecule has 0 saturated carbocycles. The zero-order valence-electron chi connectivity index (χ0n) is 14.3. The molecule has 0 aliphatic heterocycles. The standard InChI is InChI=1S/C20H14FN3O2S/c1-12-10-16(7-8-17(12)21)27-15-5-2-13(3-6-15)20-22-18-9-4-14(24(25)26)11-19(18)23-20/h2-11H,1H3,(H,22,23). The molecule has 3 aromatic carbocycles. The number of halogens is 1. The van der Waals surface area contributed by atoms with Crippen molar-refractivity contribution in [3.05, 3.63) is 82.2 Å². The number of aromatic nitrogens is 2. The topological polar surface area (TPSA) is 71.8 Å². The number of fused-ring (bicyclic) bond motifs is 1. The Morgan fingerprint density at radius 3 is 2.48 bits per heavy atom. The summed E-state index contributed by atoms with van der Waals surface area (Å²) < 4.78 is 13.4. The Kier molecular flexibility index (Phi) is 4.37. The van der Waals surface area contributed by atoms with Gasteiger partial charge in [0.05, 0.1) is 16.0 Å². The molecule has 0 bridgehead atoms. The summed E-state index contributed by atoms with van der Waals surface area (Å²) in [7, 11) is 0. The summed E-state index contributed by atoms with van der Waals surface area (Å²) in [5.41, 5.74) is 2.83. The normalized spacial score (nSPS) is 11.0. The van der Waals surface area contributed by atoms with E-state index in [1.807, 2.05) is 30.3 Å². The molecule has 0 saturated heterocycles. The first-order chi connectivity index (χ1) is 13.0. The minimum absolute atomic E-state index is 0.0269. The van der Waals surface area contributed by atoms with Gasteiger partial charge in [-0.15, -0.1) is 0 Å². The van der Waals surface area contributed by atoms with E-state index in [1.54, 1.807) is 30.8 Å². The van der Waals surface area contributed by atoms with Crippen LogP contribution in [0.1, 0.15) is 5.56 Å². The van der Waals surface area contributed by atoms with Crippen molar-refractivity contribution in [3.63, 3.8) is 0 Å². The van der Waals surface area contributed by atoms with Gasteiger partial charge in [-0.1, -0.05) is 23.9 Å². The minimum atomic E-state index is -0.427. The van der Waals surface area contributed by atoms with E-state index in [2.05, 4.69) is 9.97 Å². The van der Waals surface area contributed by atoms with Gasteiger partial charge in [0.2, 0.25) is 0 Å². The SMILES string of the molecule is Cc1cc(Sc2ccc(-c3nc4ccc([N+](=O)[O-])cc4[nH]3)cc2)ccc1F. The molecule has 0 aliphatic rings. The number of H-pyrrole nitrogens is 1. The van der Waals surface area contributed by atoms with Gasteiger partial charge in [-0.3, -0.25) is 10.1 Å². The Bertz CT molecular complexity index is 1160. The maximum atomic E-state index is 13.4. The summed E-state index contributed by atoms with van der Waals surface area (Å²) in [5, 5.41) is 10.9. The highest BCUT2D eigenvalue weighted by Gasteiger charge is 2.11. The summed E-state index contributed by atoms with van der Waals surface area (Å²) in [4.78, 5) is 20.1. The van der Waals surface area contributed by atoms with Crippen LogP contribution in [0.15, 0.2) is 70.5 Å². The molecule has 0 fully saturated rings. The van der Waals surface area contributed by atoms with Crippen LogP contribution < -0.4 is 0 Å². The van der Waals surface area contributed by atoms with Crippen LogP contribution in [0.5, 0.6) is 0 Å². The summed E-state index contributed by atoms with van der Waals surface area (Å²) in [6, 6.07) is 17.4. The second-order valence-corrected chi connectivity index (χ2v) is 7.23. The van der Waals surface area contributed by atoms with E-state index in [4.69, 9.17) is 0 Å². The highest BCUT2D eigenvalue weighted by molar-refractivity contribution is 7.99. The molecule has 4 rings (SSSR count). The molecule has 4 aromatic rings. The van der Waals surface area contributed by atoms with Crippen molar-refractivity contribution in [2.75, 3.05) is 0 Å². The lowest BCUT2D eigenvalue weighted by Crippen LogP contribution is -1.86. The number of nitrogens with one attached hydrogen (secondary N) is 1. The van der Waals surface area contributed by atoms with Gasteiger partial charge >= 0.3 is 0 Å². The van der Waals surface area contributed by atoms with Gasteiger partial charge in [0.1, 0.15) is 11.6 Å². The fourth-order valence-electron chi connectivity index (χ4n) is 2.75. The van der Waals surface area contributed by atoms with E-state index in [-0.39, 0.29) is 11.5 Å². The maximum Gasteiger partial charge on any atom is 0.271 e. The summed E-state index contributed by atoms with van der Waals surface area (Å²) in [5.74, 6) is 0.444. The number of nitrogens with zero attached hydrogens (tertiary/aromatic N) is 2. The molecule has 0 aliphatic carbocycles. The van der Waals surface area contributed by atoms with Gasteiger partial charge in [-0.05, 0) is 48.9 Å². The number of nitro groups is 1. The zero-order valence-corrected chi connectivity index (χ0v) is 15.1. The predicted molar refractivity (Wildman–Crippen MR) is 103 cm³/mol. The molecule has 5 nitrogen and oxygen atoms in total. The molecular formula is C20H14FN3O2S. The molecule has 0 atom stereocenters. The zero-order chi connectivity index (χ0) is 19.0. The van der Waals surface area contributed by atoms with Crippen LogP contribution in [0.4, 0.5) is 10.1 Å². The molecule has 1 N–H and O–H groups in total. The number of hydrogen-bond acceptors (Lipinski definition) is 4. The van der Waals surface area contributed by atoms with E-state index in [0.717, 1.165) is 15.4 Å². The van der Waals surface area contributed by atoms with Gasteiger partial charge in [0.25, 0.3) is 5.69 Å². The lowest BCUT2D eigenvalue weighted by atomic mass is 10.2. The average Bonchev–Trinajstić information content (AvgIpc) is 3.08. The second-order valence-electron chi connectivity index (χ2n) is 6.08. The van der Waals surface area contributed by atoms with Gasteiger partial charge < -0.3 is 4.98 Å². The minimum Gasteiger partial charge on any atom is -0.338 e. The van der Waals surface area contributed by atoms with Gasteiger partial charge in [-0.2, -0.15) is 0 Å². The fourth-order valence-corrected chi connectivity index (χ4v) is 3.66. The van der Waals surface area contributed by atoms with Crippen molar-refractivity contribution in [1.82, 2.24) is 9.97 Å². The number of nitro benzene ring substituents is 1. The second kappa shape index (κ2) is 6.85. The number of hydrogen-bond donors (Lipinski definition) is 1. The van der Waals surface area contributed by atoms with Crippen LogP contribution in [0.2, 0.25) is 0 Å². The third-order valence-electron chi connectivity index (χ3n) is 4.17. The smallest absolute Gasteiger partial charge is 0.271 e. The van der Waals surface area contributed by atoms with E-state index in [9.17, 15) is 14.5 Å². The molecule has 27 heavy (non-hydrogen) atoms. The molecule has 1 aromatic heterocycles. The van der Waals surface area contributed by atoms with Crippen LogP contribution in [0, 0.1) is 22.9 Å². The van der Waals surface area contributed by atoms with E-state index >= 15 is 0 Å². The molecule has 7 heteroatoms. The van der Waals surface area contributed by atoms with Crippen LogP contribution >= 0.6 is 11.8 Å². The lowest BCUT2D eigenvalue weighted by molar-refractivity contribution is -0.384. The van der Waals surface area contributed by atoms with Crippen LogP contribution in [0.25, 0.3) is 22.4 Å². The summed E-state index contributed by atoms with van der Waals surface area (Å²) in [6.45, 7) is 1.74. The van der Waals surface area contributed by atoms with Gasteiger partial charge in [-0.25, -0.2) is 9.37 Å². The molecule has 0 radical (unpaired) electrons. The van der Waals surface area contributed by atoms with Crippen molar-refractivity contribution in [3.8, 4) is 11.4 Å². The van der Waals surface area contributed by atoms with Crippen LogP contribution in [0.3, 0.4) is 0 Å². The number of non-ortho nitro benzene ring substituents is 1. The van der Waals surface area contributed by atoms with Crippen LogP contribution in [-0.2, 0) is 0 Å². The number of aryl methyl sites for hydroxylation is 1. The largest absolute Gasteiger partial charge is 0.338 e. The third kappa shape index (κ3) is 3.54. The van der Waals surface area contributed by atoms with Crippen molar-refractivity contribution in [1.29, 1.82) is 0 Å². The molecular weight excluding hydrogens is 365 g/mol. The Hall–Kier alpha value is -3.19. The quantitative estimate of drug-likeness (QED) is 0.363. The highest BCUT2D eigenvalue weighted by Crippen LogP contribution is 2.31. The molecule has 0 amide bonds. The lowest BCUT2D eigenvalue weighted by Gasteiger charge is -2.04. The Labute approximate surface area is 158 Å². The summed E-state index contributed by atoms with van der Waals surface area (Å²) >= 11 is 1.55. The molecule has 0 spiro atoms. The average molecular weight is 379 g/mol. The first kappa shape index (κ1) is 17.2. The first-order valence-electron chi connectivity index (χ1n) is 8.18. The number of imidazole rings is 1. The van der Waals surface area contributed by atoms with Crippen molar-refractivity contribution in [2.24, 2.45) is 0 Å². The number of benzene rings is 3. The summed E-state index contributed by atoms with van der Waals surface area (Å²) in [6.07, 6.45) is 0. The van der Waals surface area contributed by atoms with Gasteiger partial charge in [0, 0.05) is 27.5 Å². The fraction of sp³-hybridized carbons (Fsp3) is 0.0500.